The highest BCUT2D eigenvalue weighted by Crippen LogP contribution is 2.37. The van der Waals surface area contributed by atoms with Crippen LogP contribution in [0.2, 0.25) is 0 Å². The van der Waals surface area contributed by atoms with Gasteiger partial charge >= 0.3 is 12.1 Å². The van der Waals surface area contributed by atoms with E-state index in [1.165, 1.54) is 7.11 Å². The zero-order chi connectivity index (χ0) is 34.1. The maximum absolute atomic E-state index is 13.0. The van der Waals surface area contributed by atoms with E-state index in [4.69, 9.17) is 23.7 Å². The number of aromatic nitrogens is 1. The molecule has 0 radical (unpaired) electrons. The third kappa shape index (κ3) is 9.37. The van der Waals surface area contributed by atoms with Gasteiger partial charge in [-0.3, -0.25) is 9.78 Å². The molecule has 48 heavy (non-hydrogen) atoms. The summed E-state index contributed by atoms with van der Waals surface area (Å²) in [6.07, 6.45) is 4.56. The highest BCUT2D eigenvalue weighted by molar-refractivity contribution is 6.04. The molecule has 1 atom stereocenters. The Kier molecular flexibility index (Phi) is 11.0. The fraction of sp³-hybridized carbons (Fsp3) is 0.351. The largest absolute Gasteiger partial charge is 0.493 e. The molecule has 1 aliphatic rings. The van der Waals surface area contributed by atoms with Crippen LogP contribution in [0.5, 0.6) is 23.0 Å². The molecule has 11 heteroatoms. The Morgan fingerprint density at radius 1 is 0.917 bits per heavy atom. The highest BCUT2D eigenvalue weighted by atomic mass is 16.6. The first-order chi connectivity index (χ1) is 23.1. The number of fused-ring (bicyclic) bond motifs is 1. The van der Waals surface area contributed by atoms with E-state index in [1.54, 1.807) is 81.6 Å². The second-order valence-corrected chi connectivity index (χ2v) is 12.5. The van der Waals surface area contributed by atoms with E-state index in [-0.39, 0.29) is 25.0 Å². The smallest absolute Gasteiger partial charge is 0.408 e. The first-order valence-electron chi connectivity index (χ1n) is 16.0. The summed E-state index contributed by atoms with van der Waals surface area (Å²) >= 11 is 0. The molecule has 0 saturated heterocycles. The lowest BCUT2D eigenvalue weighted by atomic mass is 10.1. The van der Waals surface area contributed by atoms with Crippen LogP contribution in [0.15, 0.2) is 79.0 Å². The number of nitrogens with one attached hydrogen (secondary N) is 2. The van der Waals surface area contributed by atoms with Gasteiger partial charge in [-0.1, -0.05) is 18.2 Å². The lowest BCUT2D eigenvalue weighted by Crippen LogP contribution is -2.45. The van der Waals surface area contributed by atoms with E-state index in [0.717, 1.165) is 25.7 Å². The van der Waals surface area contributed by atoms with Gasteiger partial charge in [-0.2, -0.15) is 0 Å². The van der Waals surface area contributed by atoms with Crippen LogP contribution in [0.25, 0.3) is 10.9 Å². The van der Waals surface area contributed by atoms with E-state index in [1.807, 2.05) is 18.2 Å². The number of hydrogen-bond acceptors (Lipinski definition) is 9. The zero-order valence-corrected chi connectivity index (χ0v) is 27.6. The van der Waals surface area contributed by atoms with Crippen molar-refractivity contribution in [3.8, 4) is 23.0 Å². The first kappa shape index (κ1) is 34.0. The summed E-state index contributed by atoms with van der Waals surface area (Å²) in [5.41, 5.74) is 1.07. The van der Waals surface area contributed by atoms with Crippen molar-refractivity contribution in [1.29, 1.82) is 0 Å². The average molecular weight is 656 g/mol. The van der Waals surface area contributed by atoms with Crippen LogP contribution < -0.4 is 24.8 Å². The van der Waals surface area contributed by atoms with Gasteiger partial charge in [0.25, 0.3) is 5.91 Å². The summed E-state index contributed by atoms with van der Waals surface area (Å²) in [4.78, 5) is 42.5. The number of esters is 1. The molecule has 0 spiro atoms. The molecule has 2 N–H and O–H groups in total. The number of nitrogens with zero attached hydrogens (tertiary/aromatic N) is 1. The molecule has 252 valence electrons. The number of anilines is 1. The molecule has 11 nitrogen and oxygen atoms in total. The molecular formula is C37H41N3O8. The van der Waals surface area contributed by atoms with Crippen LogP contribution in [0.3, 0.4) is 0 Å². The summed E-state index contributed by atoms with van der Waals surface area (Å²) in [5.74, 6) is 1.23. The molecule has 2 amide bonds. The average Bonchev–Trinajstić information content (AvgIpc) is 3.57. The van der Waals surface area contributed by atoms with Gasteiger partial charge in [-0.05, 0) is 95.0 Å². The third-order valence-electron chi connectivity index (χ3n) is 7.59. The SMILES string of the molecule is COc1cc2c(Oc3ccc(NC(=O)c4ccccc4)cc3)ccnc2cc1OCCC(NC(=O)OC(C)(C)C)C(=O)OC1CCCC1. The summed E-state index contributed by atoms with van der Waals surface area (Å²) in [5, 5.41) is 6.21. The molecule has 0 bridgehead atoms. The topological polar surface area (TPSA) is 134 Å². The number of benzene rings is 3. The lowest BCUT2D eigenvalue weighted by Gasteiger charge is -2.24. The number of amides is 2. The second-order valence-electron chi connectivity index (χ2n) is 12.5. The Bertz CT molecular complexity index is 1710. The van der Waals surface area contributed by atoms with Crippen molar-refractivity contribution in [2.75, 3.05) is 19.0 Å². The molecule has 0 aliphatic heterocycles. The normalized spacial score (nSPS) is 13.8. The Morgan fingerprint density at radius 3 is 2.33 bits per heavy atom. The van der Waals surface area contributed by atoms with Crippen molar-refractivity contribution < 1.29 is 38.1 Å². The van der Waals surface area contributed by atoms with E-state index in [2.05, 4.69) is 15.6 Å². The molecular weight excluding hydrogens is 614 g/mol. The molecule has 1 saturated carbocycles. The molecule has 1 aliphatic carbocycles. The van der Waals surface area contributed by atoms with Gasteiger partial charge in [0, 0.05) is 35.3 Å². The van der Waals surface area contributed by atoms with Gasteiger partial charge in [0.15, 0.2) is 11.5 Å². The Labute approximate surface area is 279 Å². The van der Waals surface area contributed by atoms with Gasteiger partial charge in [0.05, 0.1) is 19.2 Å². The van der Waals surface area contributed by atoms with E-state index < -0.39 is 23.7 Å². The predicted molar refractivity (Wildman–Crippen MR) is 181 cm³/mol. The fourth-order valence-corrected chi connectivity index (χ4v) is 5.25. The number of carbonyl (C=O) groups is 3. The van der Waals surface area contributed by atoms with E-state index in [9.17, 15) is 14.4 Å². The minimum absolute atomic E-state index is 0.0748. The maximum atomic E-state index is 13.0. The van der Waals surface area contributed by atoms with Gasteiger partial charge in [0.2, 0.25) is 0 Å². The summed E-state index contributed by atoms with van der Waals surface area (Å²) < 4.78 is 28.9. The predicted octanol–water partition coefficient (Wildman–Crippen LogP) is 7.44. The van der Waals surface area contributed by atoms with Gasteiger partial charge in [0.1, 0.15) is 29.2 Å². The highest BCUT2D eigenvalue weighted by Gasteiger charge is 2.29. The number of pyridine rings is 1. The van der Waals surface area contributed by atoms with Crippen LogP contribution in [0.4, 0.5) is 10.5 Å². The van der Waals surface area contributed by atoms with Crippen molar-refractivity contribution in [2.24, 2.45) is 0 Å². The van der Waals surface area contributed by atoms with Crippen LogP contribution >= 0.6 is 0 Å². The molecule has 1 heterocycles. The van der Waals surface area contributed by atoms with Crippen molar-refractivity contribution >= 4 is 34.6 Å². The van der Waals surface area contributed by atoms with Crippen LogP contribution in [0, 0.1) is 0 Å². The van der Waals surface area contributed by atoms with Crippen molar-refractivity contribution in [3.63, 3.8) is 0 Å². The lowest BCUT2D eigenvalue weighted by molar-refractivity contribution is -0.151. The third-order valence-corrected chi connectivity index (χ3v) is 7.59. The number of carbonyl (C=O) groups excluding carboxylic acids is 3. The van der Waals surface area contributed by atoms with E-state index >= 15 is 0 Å². The quantitative estimate of drug-likeness (QED) is 0.149. The minimum Gasteiger partial charge on any atom is -0.493 e. The number of rotatable bonds is 12. The van der Waals surface area contributed by atoms with Gasteiger partial charge in [-0.15, -0.1) is 0 Å². The Balaban J connectivity index is 1.25. The molecule has 3 aromatic carbocycles. The number of ether oxygens (including phenoxy) is 5. The van der Waals surface area contributed by atoms with Crippen LogP contribution in [0.1, 0.15) is 63.2 Å². The molecule has 4 aromatic rings. The number of hydrogen-bond donors (Lipinski definition) is 2. The van der Waals surface area contributed by atoms with Gasteiger partial charge < -0.3 is 34.3 Å². The molecule has 1 fully saturated rings. The van der Waals surface area contributed by atoms with Crippen molar-refractivity contribution in [2.45, 2.75) is 70.6 Å². The number of methoxy groups -OCH3 is 1. The zero-order valence-electron chi connectivity index (χ0n) is 27.6. The minimum atomic E-state index is -0.955. The van der Waals surface area contributed by atoms with Crippen molar-refractivity contribution in [1.82, 2.24) is 10.3 Å². The monoisotopic (exact) mass is 655 g/mol. The summed E-state index contributed by atoms with van der Waals surface area (Å²) in [6, 6.07) is 20.3. The van der Waals surface area contributed by atoms with E-state index in [0.29, 0.717) is 45.2 Å². The molecule has 5 rings (SSSR count). The van der Waals surface area contributed by atoms with Gasteiger partial charge in [-0.25, -0.2) is 9.59 Å². The maximum Gasteiger partial charge on any atom is 0.408 e. The second kappa shape index (κ2) is 15.5. The standard InChI is InChI=1S/C37H41N3O8/c1-37(2,3)48-36(43)40-29(35(42)47-26-12-8-9-13-26)19-21-45-33-23-30-28(22-32(33)44-4)31(18-20-38-30)46-27-16-14-25(15-17-27)39-34(41)24-10-6-5-7-11-24/h5-7,10-11,14-18,20,22-23,26,29H,8-9,12-13,19,21H2,1-4H3,(H,39,41)(H,40,43). The fourth-order valence-electron chi connectivity index (χ4n) is 5.25. The molecule has 1 unspecified atom stereocenters. The van der Waals surface area contributed by atoms with Crippen LogP contribution in [-0.2, 0) is 14.3 Å². The number of alkyl carbamates (subject to hydrolysis) is 1. The summed E-state index contributed by atoms with van der Waals surface area (Å²) in [7, 11) is 1.53. The summed E-state index contributed by atoms with van der Waals surface area (Å²) in [6.45, 7) is 5.33. The van der Waals surface area contributed by atoms with Crippen LogP contribution in [-0.4, -0.2) is 54.4 Å². The Hall–Kier alpha value is -5.32. The van der Waals surface area contributed by atoms with Crippen molar-refractivity contribution in [3.05, 3.63) is 84.6 Å². The molecule has 1 aromatic heterocycles. The first-order valence-corrected chi connectivity index (χ1v) is 16.0. The Morgan fingerprint density at radius 2 is 1.65 bits per heavy atom.